The Morgan fingerprint density at radius 1 is 1.29 bits per heavy atom. The van der Waals surface area contributed by atoms with Crippen LogP contribution in [0.25, 0.3) is 0 Å². The van der Waals surface area contributed by atoms with Crippen molar-refractivity contribution in [3.63, 3.8) is 0 Å². The molecule has 5 rings (SSSR count). The van der Waals surface area contributed by atoms with E-state index in [9.17, 15) is 9.18 Å². The topological polar surface area (TPSA) is 72.9 Å². The highest BCUT2D eigenvalue weighted by Crippen LogP contribution is 2.56. The highest BCUT2D eigenvalue weighted by molar-refractivity contribution is 6.00. The molecule has 0 bridgehead atoms. The molecule has 0 radical (unpaired) electrons. The highest BCUT2D eigenvalue weighted by Gasteiger charge is 2.56. The molecule has 1 saturated carbocycles. The number of nitrogens with zero attached hydrogens (tertiary/aromatic N) is 2. The largest absolute Gasteiger partial charge is 0.383 e. The lowest BCUT2D eigenvalue weighted by Gasteiger charge is -2.10. The number of halogens is 1. The van der Waals surface area contributed by atoms with E-state index in [1.807, 2.05) is 36.4 Å². The second kappa shape index (κ2) is 6.19. The van der Waals surface area contributed by atoms with Gasteiger partial charge in [0, 0.05) is 12.0 Å². The molecule has 3 unspecified atom stereocenters. The number of aryl methyl sites for hydroxylation is 1. The summed E-state index contributed by atoms with van der Waals surface area (Å²) in [5.74, 6) is 0.626. The zero-order valence-corrected chi connectivity index (χ0v) is 15.5. The van der Waals surface area contributed by atoms with E-state index in [-0.39, 0.29) is 23.7 Å². The lowest BCUT2D eigenvalue weighted by atomic mass is 10.0. The number of benzene rings is 2. The number of carbonyl (C=O) groups excluding carboxylic acids is 1. The van der Waals surface area contributed by atoms with Gasteiger partial charge >= 0.3 is 0 Å². The SMILES string of the molecule is Cc1nn(Cc2ccccc2)c(N)c1C(=O)NC1C2Cc3cc(F)ccc3C21. The first-order chi connectivity index (χ1) is 13.5. The van der Waals surface area contributed by atoms with Crippen LogP contribution in [0.1, 0.15) is 38.7 Å². The molecular formula is C22H21FN4O. The molecule has 3 aromatic rings. The molecular weight excluding hydrogens is 355 g/mol. The Hall–Kier alpha value is -3.15. The van der Waals surface area contributed by atoms with Crippen LogP contribution >= 0.6 is 0 Å². The summed E-state index contributed by atoms with van der Waals surface area (Å²) in [7, 11) is 0. The Morgan fingerprint density at radius 3 is 2.86 bits per heavy atom. The van der Waals surface area contributed by atoms with Gasteiger partial charge in [-0.1, -0.05) is 36.4 Å². The number of anilines is 1. The van der Waals surface area contributed by atoms with Crippen LogP contribution in [0.5, 0.6) is 0 Å². The first-order valence-electron chi connectivity index (χ1n) is 9.49. The van der Waals surface area contributed by atoms with Crippen LogP contribution < -0.4 is 11.1 Å². The Kier molecular flexibility index (Phi) is 3.75. The highest BCUT2D eigenvalue weighted by atomic mass is 19.1. The molecule has 3 atom stereocenters. The second-order valence-corrected chi connectivity index (χ2v) is 7.73. The van der Waals surface area contributed by atoms with Gasteiger partial charge in [-0.05, 0) is 48.1 Å². The number of nitrogen functional groups attached to an aromatic ring is 1. The number of hydrogen-bond acceptors (Lipinski definition) is 3. The van der Waals surface area contributed by atoms with Crippen molar-refractivity contribution in [3.05, 3.63) is 82.3 Å². The van der Waals surface area contributed by atoms with Gasteiger partial charge in [-0.25, -0.2) is 9.07 Å². The molecule has 2 aromatic carbocycles. The maximum absolute atomic E-state index is 13.4. The van der Waals surface area contributed by atoms with Gasteiger partial charge in [0.15, 0.2) is 0 Å². The van der Waals surface area contributed by atoms with E-state index in [0.717, 1.165) is 23.1 Å². The van der Waals surface area contributed by atoms with Crippen molar-refractivity contribution in [1.29, 1.82) is 0 Å². The number of nitrogens with two attached hydrogens (primary N) is 1. The van der Waals surface area contributed by atoms with E-state index in [1.165, 1.54) is 6.07 Å². The predicted molar refractivity (Wildman–Crippen MR) is 105 cm³/mol. The van der Waals surface area contributed by atoms with Crippen molar-refractivity contribution in [1.82, 2.24) is 15.1 Å². The number of hydrogen-bond donors (Lipinski definition) is 2. The third-order valence-electron chi connectivity index (χ3n) is 5.96. The van der Waals surface area contributed by atoms with E-state index in [0.29, 0.717) is 29.5 Å². The summed E-state index contributed by atoms with van der Waals surface area (Å²) >= 11 is 0. The summed E-state index contributed by atoms with van der Waals surface area (Å²) in [6.07, 6.45) is 0.810. The Labute approximate surface area is 162 Å². The summed E-state index contributed by atoms with van der Waals surface area (Å²) in [6, 6.07) is 14.9. The summed E-state index contributed by atoms with van der Waals surface area (Å²) in [5.41, 5.74) is 10.6. The van der Waals surface area contributed by atoms with Gasteiger partial charge in [-0.15, -0.1) is 0 Å². The number of aromatic nitrogens is 2. The minimum atomic E-state index is -0.199. The number of fused-ring (bicyclic) bond motifs is 3. The van der Waals surface area contributed by atoms with E-state index >= 15 is 0 Å². The minimum absolute atomic E-state index is 0.0849. The monoisotopic (exact) mass is 376 g/mol. The standard InChI is InChI=1S/C22H21FN4O/c1-12-18(21(24)27(26-12)11-13-5-3-2-4-6-13)22(28)25-20-17-10-14-9-15(23)7-8-16(14)19(17)20/h2-9,17,19-20H,10-11,24H2,1H3,(H,25,28). The molecule has 1 amide bonds. The van der Waals surface area contributed by atoms with Crippen LogP contribution in [-0.4, -0.2) is 21.7 Å². The minimum Gasteiger partial charge on any atom is -0.383 e. The maximum atomic E-state index is 13.4. The smallest absolute Gasteiger partial charge is 0.257 e. The number of nitrogens with one attached hydrogen (secondary N) is 1. The van der Waals surface area contributed by atoms with Crippen LogP contribution in [0.15, 0.2) is 48.5 Å². The summed E-state index contributed by atoms with van der Waals surface area (Å²) < 4.78 is 15.1. The molecule has 142 valence electrons. The van der Waals surface area contributed by atoms with Crippen LogP contribution in [0.3, 0.4) is 0 Å². The zero-order chi connectivity index (χ0) is 19.4. The van der Waals surface area contributed by atoms with Crippen LogP contribution in [0.4, 0.5) is 10.2 Å². The fourth-order valence-corrected chi connectivity index (χ4v) is 4.56. The van der Waals surface area contributed by atoms with Crippen LogP contribution in [-0.2, 0) is 13.0 Å². The molecule has 5 nitrogen and oxygen atoms in total. The van der Waals surface area contributed by atoms with Gasteiger partial charge in [0.25, 0.3) is 5.91 Å². The second-order valence-electron chi connectivity index (χ2n) is 7.73. The number of rotatable bonds is 4. The molecule has 3 N–H and O–H groups in total. The number of amides is 1. The van der Waals surface area contributed by atoms with Gasteiger partial charge < -0.3 is 11.1 Å². The first-order valence-corrected chi connectivity index (χ1v) is 9.49. The molecule has 6 heteroatoms. The molecule has 1 heterocycles. The van der Waals surface area contributed by atoms with E-state index in [4.69, 9.17) is 5.73 Å². The molecule has 0 aliphatic heterocycles. The molecule has 2 aliphatic rings. The Bertz CT molecular complexity index is 1080. The predicted octanol–water partition coefficient (Wildman–Crippen LogP) is 3.03. The molecule has 0 spiro atoms. The number of carbonyl (C=O) groups is 1. The third-order valence-corrected chi connectivity index (χ3v) is 5.96. The van der Waals surface area contributed by atoms with E-state index in [2.05, 4.69) is 10.4 Å². The lowest BCUT2D eigenvalue weighted by Crippen LogP contribution is -2.29. The fourth-order valence-electron chi connectivity index (χ4n) is 4.56. The first kappa shape index (κ1) is 17.0. The van der Waals surface area contributed by atoms with Crippen molar-refractivity contribution >= 4 is 11.7 Å². The maximum Gasteiger partial charge on any atom is 0.257 e. The average Bonchev–Trinajstić information content (AvgIpc) is 3.04. The van der Waals surface area contributed by atoms with Crippen molar-refractivity contribution in [2.45, 2.75) is 31.8 Å². The van der Waals surface area contributed by atoms with Gasteiger partial charge in [0.05, 0.1) is 12.2 Å². The van der Waals surface area contributed by atoms with Gasteiger partial charge in [-0.3, -0.25) is 4.79 Å². The summed E-state index contributed by atoms with van der Waals surface area (Å²) in [6.45, 7) is 2.33. The fraction of sp³-hybridized carbons (Fsp3) is 0.273. The van der Waals surface area contributed by atoms with Crippen LogP contribution in [0, 0.1) is 18.7 Å². The van der Waals surface area contributed by atoms with Crippen molar-refractivity contribution in [2.24, 2.45) is 5.92 Å². The van der Waals surface area contributed by atoms with E-state index < -0.39 is 0 Å². The van der Waals surface area contributed by atoms with Gasteiger partial charge in [-0.2, -0.15) is 5.10 Å². The van der Waals surface area contributed by atoms with Crippen molar-refractivity contribution in [2.75, 3.05) is 5.73 Å². The van der Waals surface area contributed by atoms with Crippen molar-refractivity contribution in [3.8, 4) is 0 Å². The van der Waals surface area contributed by atoms with Crippen LogP contribution in [0.2, 0.25) is 0 Å². The van der Waals surface area contributed by atoms with Gasteiger partial charge in [0.1, 0.15) is 17.2 Å². The Morgan fingerprint density at radius 2 is 2.07 bits per heavy atom. The molecule has 1 aromatic heterocycles. The van der Waals surface area contributed by atoms with Crippen molar-refractivity contribution < 1.29 is 9.18 Å². The molecule has 2 aliphatic carbocycles. The summed E-state index contributed by atoms with van der Waals surface area (Å²) in [5, 5.41) is 7.58. The Balaban J connectivity index is 1.32. The van der Waals surface area contributed by atoms with E-state index in [1.54, 1.807) is 17.7 Å². The normalized spacial score (nSPS) is 21.9. The lowest BCUT2D eigenvalue weighted by molar-refractivity contribution is 0.0948. The molecule has 1 fully saturated rings. The molecule has 28 heavy (non-hydrogen) atoms. The zero-order valence-electron chi connectivity index (χ0n) is 15.5. The average molecular weight is 376 g/mol. The summed E-state index contributed by atoms with van der Waals surface area (Å²) in [4.78, 5) is 12.9. The van der Waals surface area contributed by atoms with Gasteiger partial charge in [0.2, 0.25) is 0 Å². The molecule has 0 saturated heterocycles. The quantitative estimate of drug-likeness (QED) is 0.735. The third kappa shape index (κ3) is 2.68.